The summed E-state index contributed by atoms with van der Waals surface area (Å²) in [5, 5.41) is 8.85. The summed E-state index contributed by atoms with van der Waals surface area (Å²) < 4.78 is 10.3. The van der Waals surface area contributed by atoms with Crippen LogP contribution in [0, 0.1) is 0 Å². The van der Waals surface area contributed by atoms with Gasteiger partial charge in [-0.05, 0) is 18.6 Å². The van der Waals surface area contributed by atoms with Gasteiger partial charge >= 0.3 is 5.97 Å². The van der Waals surface area contributed by atoms with Gasteiger partial charge in [0.05, 0.1) is 12.8 Å². The maximum absolute atomic E-state index is 12.3. The van der Waals surface area contributed by atoms with E-state index in [0.29, 0.717) is 37.8 Å². The third-order valence-corrected chi connectivity index (χ3v) is 3.74. The number of rotatable bonds is 4. The van der Waals surface area contributed by atoms with Gasteiger partial charge in [0, 0.05) is 26.2 Å². The number of aromatic carboxylic acids is 1. The van der Waals surface area contributed by atoms with Gasteiger partial charge in [-0.1, -0.05) is 0 Å². The molecule has 3 rings (SSSR count). The summed E-state index contributed by atoms with van der Waals surface area (Å²) in [6.07, 6.45) is 3.45. The van der Waals surface area contributed by atoms with Crippen molar-refractivity contribution in [3.05, 3.63) is 42.0 Å². The fraction of sp³-hybridized carbons (Fsp3) is 0.400. The first kappa shape index (κ1) is 15.3. The number of carbonyl (C=O) groups is 2. The van der Waals surface area contributed by atoms with Crippen LogP contribution in [-0.2, 0) is 6.54 Å². The molecule has 8 nitrogen and oxygen atoms in total. The SMILES string of the molecule is O=C(O)c1coc(CN2CCCN(C(=O)c3ccco3)CC2)n1. The first-order chi connectivity index (χ1) is 11.1. The van der Waals surface area contributed by atoms with Gasteiger partial charge in [0.15, 0.2) is 11.5 Å². The summed E-state index contributed by atoms with van der Waals surface area (Å²) in [5.41, 5.74) is -0.0931. The molecule has 23 heavy (non-hydrogen) atoms. The van der Waals surface area contributed by atoms with Crippen molar-refractivity contribution in [3.63, 3.8) is 0 Å². The normalized spacial score (nSPS) is 16.3. The molecule has 1 amide bonds. The van der Waals surface area contributed by atoms with Gasteiger partial charge in [-0.2, -0.15) is 0 Å². The van der Waals surface area contributed by atoms with E-state index in [4.69, 9.17) is 13.9 Å². The summed E-state index contributed by atoms with van der Waals surface area (Å²) in [5.74, 6) is -0.502. The Labute approximate surface area is 132 Å². The van der Waals surface area contributed by atoms with Crippen LogP contribution in [0.3, 0.4) is 0 Å². The Kier molecular flexibility index (Phi) is 4.42. The molecule has 0 radical (unpaired) electrons. The van der Waals surface area contributed by atoms with E-state index in [9.17, 15) is 9.59 Å². The molecule has 1 fully saturated rings. The highest BCUT2D eigenvalue weighted by atomic mass is 16.4. The third kappa shape index (κ3) is 3.59. The van der Waals surface area contributed by atoms with E-state index in [0.717, 1.165) is 19.2 Å². The van der Waals surface area contributed by atoms with E-state index in [1.165, 1.54) is 6.26 Å². The smallest absolute Gasteiger partial charge is 0.357 e. The van der Waals surface area contributed by atoms with E-state index in [2.05, 4.69) is 9.88 Å². The van der Waals surface area contributed by atoms with E-state index in [1.807, 2.05) is 0 Å². The molecule has 0 aliphatic carbocycles. The molecule has 0 atom stereocenters. The molecular weight excluding hydrogens is 302 g/mol. The van der Waals surface area contributed by atoms with Gasteiger partial charge in [0.25, 0.3) is 5.91 Å². The number of oxazole rings is 1. The Bertz CT molecular complexity index is 679. The third-order valence-electron chi connectivity index (χ3n) is 3.74. The van der Waals surface area contributed by atoms with Crippen LogP contribution in [0.2, 0.25) is 0 Å². The molecule has 0 unspecified atom stereocenters. The Hall–Kier alpha value is -2.61. The minimum atomic E-state index is -1.11. The average molecular weight is 319 g/mol. The lowest BCUT2D eigenvalue weighted by atomic mass is 10.3. The van der Waals surface area contributed by atoms with Crippen LogP contribution in [-0.4, -0.2) is 57.9 Å². The number of nitrogens with zero attached hydrogens (tertiary/aromatic N) is 3. The summed E-state index contributed by atoms with van der Waals surface area (Å²) >= 11 is 0. The molecule has 0 saturated carbocycles. The number of carbonyl (C=O) groups excluding carboxylic acids is 1. The fourth-order valence-electron chi connectivity index (χ4n) is 2.56. The molecule has 0 aromatic carbocycles. The molecule has 3 heterocycles. The molecule has 2 aromatic heterocycles. The van der Waals surface area contributed by atoms with E-state index in [1.54, 1.807) is 17.0 Å². The lowest BCUT2D eigenvalue weighted by Crippen LogP contribution is -2.34. The second-order valence-electron chi connectivity index (χ2n) is 5.33. The number of hydrogen-bond acceptors (Lipinski definition) is 6. The summed E-state index contributed by atoms with van der Waals surface area (Å²) in [4.78, 5) is 30.9. The lowest BCUT2D eigenvalue weighted by molar-refractivity contribution is 0.0688. The standard InChI is InChI=1S/C15H17N3O5/c19-14(12-3-1-8-22-12)18-5-2-4-17(6-7-18)9-13-16-11(10-23-13)15(20)21/h1,3,8,10H,2,4-7,9H2,(H,20,21). The largest absolute Gasteiger partial charge is 0.476 e. The molecular formula is C15H17N3O5. The van der Waals surface area contributed by atoms with Crippen LogP contribution >= 0.6 is 0 Å². The van der Waals surface area contributed by atoms with Gasteiger partial charge in [-0.15, -0.1) is 0 Å². The number of carboxylic acid groups (broad SMARTS) is 1. The topological polar surface area (TPSA) is 100 Å². The molecule has 1 aliphatic rings. The Balaban J connectivity index is 1.57. The number of carboxylic acids is 1. The number of amides is 1. The average Bonchev–Trinajstić information content (AvgIpc) is 3.16. The van der Waals surface area contributed by atoms with E-state index in [-0.39, 0.29) is 11.6 Å². The van der Waals surface area contributed by atoms with Gasteiger partial charge in [0.2, 0.25) is 5.89 Å². The summed E-state index contributed by atoms with van der Waals surface area (Å²) in [6, 6.07) is 3.35. The highest BCUT2D eigenvalue weighted by molar-refractivity contribution is 5.91. The first-order valence-electron chi connectivity index (χ1n) is 7.36. The minimum absolute atomic E-state index is 0.0931. The zero-order valence-corrected chi connectivity index (χ0v) is 12.5. The Morgan fingerprint density at radius 1 is 1.22 bits per heavy atom. The minimum Gasteiger partial charge on any atom is -0.476 e. The number of aromatic nitrogens is 1. The zero-order valence-electron chi connectivity index (χ0n) is 12.5. The monoisotopic (exact) mass is 319 g/mol. The zero-order chi connectivity index (χ0) is 16.2. The van der Waals surface area contributed by atoms with Gasteiger partial charge in [0.1, 0.15) is 6.26 Å². The van der Waals surface area contributed by atoms with Gasteiger partial charge in [-0.25, -0.2) is 9.78 Å². The second-order valence-corrected chi connectivity index (χ2v) is 5.33. The van der Waals surface area contributed by atoms with Gasteiger partial charge < -0.3 is 18.8 Å². The number of hydrogen-bond donors (Lipinski definition) is 1. The lowest BCUT2D eigenvalue weighted by Gasteiger charge is -2.20. The quantitative estimate of drug-likeness (QED) is 0.907. The first-order valence-corrected chi connectivity index (χ1v) is 7.36. The van der Waals surface area contributed by atoms with E-state index >= 15 is 0 Å². The van der Waals surface area contributed by atoms with Crippen molar-refractivity contribution in [1.82, 2.24) is 14.8 Å². The molecule has 2 aromatic rings. The van der Waals surface area contributed by atoms with Crippen LogP contribution in [0.1, 0.15) is 33.4 Å². The van der Waals surface area contributed by atoms with Crippen LogP contribution in [0.5, 0.6) is 0 Å². The fourth-order valence-corrected chi connectivity index (χ4v) is 2.56. The molecule has 0 bridgehead atoms. The molecule has 122 valence electrons. The van der Waals surface area contributed by atoms with Crippen molar-refractivity contribution in [3.8, 4) is 0 Å². The van der Waals surface area contributed by atoms with Gasteiger partial charge in [-0.3, -0.25) is 9.69 Å². The highest BCUT2D eigenvalue weighted by Crippen LogP contribution is 2.12. The van der Waals surface area contributed by atoms with Crippen molar-refractivity contribution < 1.29 is 23.5 Å². The Morgan fingerprint density at radius 3 is 2.78 bits per heavy atom. The molecule has 0 spiro atoms. The molecule has 1 aliphatic heterocycles. The van der Waals surface area contributed by atoms with Crippen molar-refractivity contribution in [2.24, 2.45) is 0 Å². The van der Waals surface area contributed by atoms with Crippen molar-refractivity contribution in [2.75, 3.05) is 26.2 Å². The Morgan fingerprint density at radius 2 is 2.09 bits per heavy atom. The summed E-state index contributed by atoms with van der Waals surface area (Å²) in [7, 11) is 0. The maximum Gasteiger partial charge on any atom is 0.357 e. The molecule has 1 saturated heterocycles. The highest BCUT2D eigenvalue weighted by Gasteiger charge is 2.23. The number of furan rings is 1. The summed E-state index contributed by atoms with van der Waals surface area (Å²) in [6.45, 7) is 3.11. The molecule has 1 N–H and O–H groups in total. The van der Waals surface area contributed by atoms with E-state index < -0.39 is 5.97 Å². The van der Waals surface area contributed by atoms with Crippen LogP contribution < -0.4 is 0 Å². The van der Waals surface area contributed by atoms with Crippen LogP contribution in [0.4, 0.5) is 0 Å². The maximum atomic E-state index is 12.3. The van der Waals surface area contributed by atoms with Crippen molar-refractivity contribution in [1.29, 1.82) is 0 Å². The molecule has 8 heteroatoms. The van der Waals surface area contributed by atoms with Crippen molar-refractivity contribution >= 4 is 11.9 Å². The predicted octanol–water partition coefficient (Wildman–Crippen LogP) is 1.31. The van der Waals surface area contributed by atoms with Crippen LogP contribution in [0.25, 0.3) is 0 Å². The second kappa shape index (κ2) is 6.66. The van der Waals surface area contributed by atoms with Crippen molar-refractivity contribution in [2.45, 2.75) is 13.0 Å². The van der Waals surface area contributed by atoms with Crippen LogP contribution in [0.15, 0.2) is 33.5 Å². The predicted molar refractivity (Wildman–Crippen MR) is 78.0 cm³/mol.